The van der Waals surface area contributed by atoms with Gasteiger partial charge in [-0.05, 0) is 46.2 Å². The Hall–Kier alpha value is -0.160. The molecule has 0 bridgehead atoms. The van der Waals surface area contributed by atoms with Crippen molar-refractivity contribution < 1.29 is 5.11 Å². The van der Waals surface area contributed by atoms with E-state index in [0.29, 0.717) is 19.2 Å². The zero-order valence-electron chi connectivity index (χ0n) is 10.7. The van der Waals surface area contributed by atoms with Crippen LogP contribution in [-0.4, -0.2) is 54.9 Å². The van der Waals surface area contributed by atoms with Crippen molar-refractivity contribution in [3.8, 4) is 0 Å². The van der Waals surface area contributed by atoms with E-state index in [-0.39, 0.29) is 5.54 Å². The maximum atomic E-state index is 8.70. The highest BCUT2D eigenvalue weighted by atomic mass is 16.2. The summed E-state index contributed by atoms with van der Waals surface area (Å²) in [5.74, 6) is 0. The number of nitrogens with zero attached hydrogens (tertiary/aromatic N) is 1. The van der Waals surface area contributed by atoms with Gasteiger partial charge in [-0.3, -0.25) is 0 Å². The number of aliphatic hydroxyl groups excluding tert-OH is 1. The van der Waals surface area contributed by atoms with Gasteiger partial charge in [0, 0.05) is 31.3 Å². The number of unbranched alkanes of at least 4 members (excludes halogenated alkanes) is 2. The van der Waals surface area contributed by atoms with Crippen molar-refractivity contribution >= 4 is 0 Å². The van der Waals surface area contributed by atoms with E-state index in [4.69, 9.17) is 10.8 Å². The van der Waals surface area contributed by atoms with Gasteiger partial charge in [-0.25, -0.2) is 0 Å². The van der Waals surface area contributed by atoms with Gasteiger partial charge >= 0.3 is 0 Å². The van der Waals surface area contributed by atoms with Crippen LogP contribution in [0.15, 0.2) is 0 Å². The Kier molecular flexibility index (Phi) is 5.69. The van der Waals surface area contributed by atoms with E-state index < -0.39 is 0 Å². The summed E-state index contributed by atoms with van der Waals surface area (Å²) in [4.78, 5) is 2.37. The van der Waals surface area contributed by atoms with Crippen molar-refractivity contribution in [3.63, 3.8) is 0 Å². The van der Waals surface area contributed by atoms with Crippen LogP contribution in [0.1, 0.15) is 32.6 Å². The summed E-state index contributed by atoms with van der Waals surface area (Å²) in [5.41, 5.74) is 6.02. The van der Waals surface area contributed by atoms with Crippen molar-refractivity contribution in [2.75, 3.05) is 33.3 Å². The maximum absolute atomic E-state index is 8.70. The van der Waals surface area contributed by atoms with E-state index >= 15 is 0 Å². The topological polar surface area (TPSA) is 61.5 Å². The van der Waals surface area contributed by atoms with Crippen LogP contribution in [-0.2, 0) is 0 Å². The second-order valence-electron chi connectivity index (χ2n) is 5.16. The third-order valence-corrected chi connectivity index (χ3v) is 3.72. The minimum atomic E-state index is 0.118. The first kappa shape index (κ1) is 13.9. The molecule has 1 heterocycles. The molecule has 0 saturated carbocycles. The van der Waals surface area contributed by atoms with E-state index in [2.05, 4.69) is 24.2 Å². The Morgan fingerprint density at radius 3 is 2.69 bits per heavy atom. The largest absolute Gasteiger partial charge is 0.396 e. The molecule has 0 spiro atoms. The molecule has 0 radical (unpaired) electrons. The number of nitrogens with one attached hydrogen (secondary N) is 1. The fourth-order valence-corrected chi connectivity index (χ4v) is 2.53. The van der Waals surface area contributed by atoms with Crippen LogP contribution >= 0.6 is 0 Å². The van der Waals surface area contributed by atoms with Crippen LogP contribution in [0.25, 0.3) is 0 Å². The van der Waals surface area contributed by atoms with Gasteiger partial charge < -0.3 is 21.1 Å². The van der Waals surface area contributed by atoms with Gasteiger partial charge in [0.05, 0.1) is 0 Å². The van der Waals surface area contributed by atoms with Crippen LogP contribution in [0.5, 0.6) is 0 Å². The molecule has 96 valence electrons. The average Bonchev–Trinajstić information content (AvgIpc) is 2.55. The molecule has 0 aromatic heterocycles. The Morgan fingerprint density at radius 2 is 2.19 bits per heavy atom. The predicted octanol–water partition coefficient (Wildman–Crippen LogP) is 0.160. The Labute approximate surface area is 99.2 Å². The number of likely N-dealkylation sites (tertiary alicyclic amines) is 1. The summed E-state index contributed by atoms with van der Waals surface area (Å²) in [6.45, 7) is 5.33. The molecule has 16 heavy (non-hydrogen) atoms. The van der Waals surface area contributed by atoms with Gasteiger partial charge in [0.1, 0.15) is 0 Å². The molecule has 1 fully saturated rings. The van der Waals surface area contributed by atoms with E-state index in [1.165, 1.54) is 0 Å². The summed E-state index contributed by atoms with van der Waals surface area (Å²) in [5, 5.41) is 12.3. The van der Waals surface area contributed by atoms with Crippen LogP contribution in [0, 0.1) is 0 Å². The van der Waals surface area contributed by atoms with Crippen LogP contribution in [0.4, 0.5) is 0 Å². The summed E-state index contributed by atoms with van der Waals surface area (Å²) < 4.78 is 0. The van der Waals surface area contributed by atoms with Crippen molar-refractivity contribution in [2.45, 2.75) is 44.2 Å². The average molecular weight is 229 g/mol. The second-order valence-corrected chi connectivity index (χ2v) is 5.16. The number of nitrogens with two attached hydrogens (primary N) is 1. The first-order valence-corrected chi connectivity index (χ1v) is 6.40. The maximum Gasteiger partial charge on any atom is 0.0447 e. The predicted molar refractivity (Wildman–Crippen MR) is 67.4 cm³/mol. The van der Waals surface area contributed by atoms with Gasteiger partial charge in [-0.1, -0.05) is 0 Å². The molecule has 1 saturated heterocycles. The summed E-state index contributed by atoms with van der Waals surface area (Å²) in [6, 6.07) is 0.619. The fourth-order valence-electron chi connectivity index (χ4n) is 2.53. The molecular formula is C12H27N3O. The number of rotatable bonds is 7. The van der Waals surface area contributed by atoms with Crippen molar-refractivity contribution in [1.29, 1.82) is 0 Å². The summed E-state index contributed by atoms with van der Waals surface area (Å²) >= 11 is 0. The molecule has 1 rings (SSSR count). The van der Waals surface area contributed by atoms with E-state index in [1.807, 2.05) is 0 Å². The van der Waals surface area contributed by atoms with E-state index in [1.54, 1.807) is 0 Å². The molecule has 2 unspecified atom stereocenters. The van der Waals surface area contributed by atoms with Gasteiger partial charge in [-0.2, -0.15) is 0 Å². The minimum absolute atomic E-state index is 0.118. The van der Waals surface area contributed by atoms with Crippen LogP contribution in [0.2, 0.25) is 0 Å². The van der Waals surface area contributed by atoms with Gasteiger partial charge in [0.2, 0.25) is 0 Å². The first-order chi connectivity index (χ1) is 7.63. The molecule has 4 heteroatoms. The molecule has 0 aromatic carbocycles. The van der Waals surface area contributed by atoms with Crippen molar-refractivity contribution in [2.24, 2.45) is 5.73 Å². The Bertz CT molecular complexity index is 189. The Balaban J connectivity index is 2.26. The second kappa shape index (κ2) is 6.55. The molecule has 4 N–H and O–H groups in total. The molecule has 0 amide bonds. The number of hydrogen-bond donors (Lipinski definition) is 3. The third kappa shape index (κ3) is 3.70. The number of likely N-dealkylation sites (N-methyl/N-ethyl adjacent to an activating group) is 1. The highest BCUT2D eigenvalue weighted by Crippen LogP contribution is 2.24. The van der Waals surface area contributed by atoms with Crippen LogP contribution in [0.3, 0.4) is 0 Å². The van der Waals surface area contributed by atoms with Crippen molar-refractivity contribution in [3.05, 3.63) is 0 Å². The van der Waals surface area contributed by atoms with Crippen molar-refractivity contribution in [1.82, 2.24) is 10.2 Å². The molecule has 4 nitrogen and oxygen atoms in total. The molecule has 2 atom stereocenters. The SMILES string of the molecule is CC1CC(CN)(NCCCCCO)CN1C. The van der Waals surface area contributed by atoms with Gasteiger partial charge in [-0.15, -0.1) is 0 Å². The monoisotopic (exact) mass is 229 g/mol. The lowest BCUT2D eigenvalue weighted by atomic mass is 9.96. The van der Waals surface area contributed by atoms with Gasteiger partial charge in [0.15, 0.2) is 0 Å². The highest BCUT2D eigenvalue weighted by Gasteiger charge is 2.38. The van der Waals surface area contributed by atoms with E-state index in [9.17, 15) is 0 Å². The summed E-state index contributed by atoms with van der Waals surface area (Å²) in [7, 11) is 2.16. The zero-order valence-corrected chi connectivity index (χ0v) is 10.7. The lowest BCUT2D eigenvalue weighted by molar-refractivity contribution is 0.277. The summed E-state index contributed by atoms with van der Waals surface area (Å²) in [6.07, 6.45) is 4.27. The normalized spacial score (nSPS) is 31.1. The first-order valence-electron chi connectivity index (χ1n) is 6.40. The van der Waals surface area contributed by atoms with Gasteiger partial charge in [0.25, 0.3) is 0 Å². The Morgan fingerprint density at radius 1 is 1.44 bits per heavy atom. The lowest BCUT2D eigenvalue weighted by Gasteiger charge is -2.29. The number of hydrogen-bond acceptors (Lipinski definition) is 4. The number of aliphatic hydroxyl groups is 1. The van der Waals surface area contributed by atoms with E-state index in [0.717, 1.165) is 38.8 Å². The molecule has 0 aliphatic carbocycles. The quantitative estimate of drug-likeness (QED) is 0.544. The zero-order chi connectivity index (χ0) is 12.0. The highest BCUT2D eigenvalue weighted by molar-refractivity contribution is 5.00. The molecule has 0 aromatic rings. The molecule has 1 aliphatic rings. The third-order valence-electron chi connectivity index (χ3n) is 3.72. The molecule has 1 aliphatic heterocycles. The lowest BCUT2D eigenvalue weighted by Crippen LogP contribution is -2.53. The fraction of sp³-hybridized carbons (Fsp3) is 1.00. The van der Waals surface area contributed by atoms with Crippen LogP contribution < -0.4 is 11.1 Å². The smallest absolute Gasteiger partial charge is 0.0447 e. The standard InChI is InChI=1S/C12H27N3O/c1-11-8-12(9-13,10-15(11)2)14-6-4-3-5-7-16/h11,14,16H,3-10,13H2,1-2H3. The molecular weight excluding hydrogens is 202 g/mol. The minimum Gasteiger partial charge on any atom is -0.396 e.